The molecular weight excluding hydrogens is 507 g/mol. The van der Waals surface area contributed by atoms with E-state index in [1.807, 2.05) is 24.3 Å². The van der Waals surface area contributed by atoms with E-state index in [2.05, 4.69) is 26.8 Å². The van der Waals surface area contributed by atoms with Crippen molar-refractivity contribution in [3.8, 4) is 5.75 Å². The fourth-order valence-electron chi connectivity index (χ4n) is 3.45. The number of para-hydroxylation sites is 1. The van der Waals surface area contributed by atoms with Crippen molar-refractivity contribution in [3.63, 3.8) is 0 Å². The summed E-state index contributed by atoms with van der Waals surface area (Å²) in [7, 11) is 3.85. The maximum Gasteiger partial charge on any atom is 0.191 e. The van der Waals surface area contributed by atoms with Gasteiger partial charge >= 0.3 is 0 Å². The Morgan fingerprint density at radius 2 is 1.58 bits per heavy atom. The summed E-state index contributed by atoms with van der Waals surface area (Å²) in [6, 6.07) is 7.84. The Kier molecular flexibility index (Phi) is 17.8. The molecule has 1 aliphatic heterocycles. The SMILES string of the molecule is COc1ccccc1Cc1c(N)nc(SCCCCN2CCN(C)CC2)nc1N.Cl.Cl.Cl.O. The Labute approximate surface area is 219 Å². The summed E-state index contributed by atoms with van der Waals surface area (Å²) >= 11 is 1.62. The van der Waals surface area contributed by atoms with Crippen LogP contribution in [0.25, 0.3) is 0 Å². The minimum atomic E-state index is 0. The van der Waals surface area contributed by atoms with Gasteiger partial charge in [0.2, 0.25) is 0 Å². The van der Waals surface area contributed by atoms with E-state index in [4.69, 9.17) is 16.2 Å². The topological polar surface area (TPSA) is 125 Å². The number of hydrogen-bond donors (Lipinski definition) is 2. The van der Waals surface area contributed by atoms with Crippen LogP contribution in [-0.2, 0) is 6.42 Å². The van der Waals surface area contributed by atoms with Crippen molar-refractivity contribution < 1.29 is 10.2 Å². The van der Waals surface area contributed by atoms with Crippen molar-refractivity contribution in [2.45, 2.75) is 24.4 Å². The number of benzene rings is 1. The Bertz CT molecular complexity index is 790. The number of likely N-dealkylation sites (N-methyl/N-ethyl adjacent to an activating group) is 1. The van der Waals surface area contributed by atoms with E-state index in [1.54, 1.807) is 18.9 Å². The number of anilines is 2. The van der Waals surface area contributed by atoms with E-state index in [9.17, 15) is 0 Å². The van der Waals surface area contributed by atoms with Gasteiger partial charge in [0.25, 0.3) is 0 Å². The lowest BCUT2D eigenvalue weighted by atomic mass is 10.1. The normalized spacial score (nSPS) is 13.6. The zero-order valence-corrected chi connectivity index (χ0v) is 22.4. The number of nitrogen functional groups attached to an aromatic ring is 2. The highest BCUT2D eigenvalue weighted by molar-refractivity contribution is 7.99. The van der Waals surface area contributed by atoms with E-state index in [0.717, 1.165) is 35.6 Å². The lowest BCUT2D eigenvalue weighted by Gasteiger charge is -2.32. The third-order valence-electron chi connectivity index (χ3n) is 5.31. The molecule has 3 rings (SSSR count). The molecule has 1 aromatic carbocycles. The maximum atomic E-state index is 6.20. The zero-order valence-electron chi connectivity index (χ0n) is 19.2. The first-order valence-electron chi connectivity index (χ1n) is 10.1. The summed E-state index contributed by atoms with van der Waals surface area (Å²) in [5.41, 5.74) is 14.2. The number of aromatic nitrogens is 2. The molecule has 190 valence electrons. The van der Waals surface area contributed by atoms with E-state index in [-0.39, 0.29) is 42.7 Å². The molecule has 2 aromatic rings. The third kappa shape index (κ3) is 10.3. The molecule has 0 aliphatic carbocycles. The van der Waals surface area contributed by atoms with Crippen molar-refractivity contribution in [2.75, 3.05) is 64.1 Å². The fourth-order valence-corrected chi connectivity index (χ4v) is 4.31. The molecular formula is C21H37Cl3N6O2S. The van der Waals surface area contributed by atoms with Crippen LogP contribution in [0.15, 0.2) is 29.4 Å². The van der Waals surface area contributed by atoms with E-state index in [1.165, 1.54) is 32.6 Å². The van der Waals surface area contributed by atoms with Gasteiger partial charge in [-0.1, -0.05) is 30.0 Å². The van der Waals surface area contributed by atoms with Crippen LogP contribution in [-0.4, -0.2) is 77.9 Å². The summed E-state index contributed by atoms with van der Waals surface area (Å²) in [4.78, 5) is 13.9. The molecule has 0 bridgehead atoms. The quantitative estimate of drug-likeness (QED) is 0.281. The Balaban J connectivity index is 0. The first-order chi connectivity index (χ1) is 14.1. The number of rotatable bonds is 9. The molecule has 1 aromatic heterocycles. The van der Waals surface area contributed by atoms with Crippen LogP contribution >= 0.6 is 49.0 Å². The molecule has 0 saturated carbocycles. The highest BCUT2D eigenvalue weighted by Gasteiger charge is 2.15. The standard InChI is InChI=1S/C21H32N6OS.3ClH.H2O/c1-26-10-12-27(13-11-26)9-5-6-14-29-21-24-19(22)17(20(23)25-21)15-16-7-3-4-8-18(16)28-2;;;;/h3-4,7-8H,5-6,9-15H2,1-2H3,(H4,22,23,24,25);3*1H;1H2. The molecule has 1 saturated heterocycles. The van der Waals surface area contributed by atoms with Crippen molar-refractivity contribution in [2.24, 2.45) is 0 Å². The highest BCUT2D eigenvalue weighted by atomic mass is 35.5. The molecule has 12 heteroatoms. The molecule has 6 N–H and O–H groups in total. The molecule has 8 nitrogen and oxygen atoms in total. The second-order valence-electron chi connectivity index (χ2n) is 7.44. The zero-order chi connectivity index (χ0) is 20.6. The van der Waals surface area contributed by atoms with Crippen LogP contribution in [0.4, 0.5) is 11.6 Å². The van der Waals surface area contributed by atoms with Gasteiger partial charge in [0, 0.05) is 43.9 Å². The maximum absolute atomic E-state index is 6.20. The largest absolute Gasteiger partial charge is 0.496 e. The predicted molar refractivity (Wildman–Crippen MR) is 146 cm³/mol. The molecule has 0 spiro atoms. The van der Waals surface area contributed by atoms with E-state index in [0.29, 0.717) is 23.2 Å². The highest BCUT2D eigenvalue weighted by Crippen LogP contribution is 2.28. The second kappa shape index (κ2) is 17.3. The summed E-state index contributed by atoms with van der Waals surface area (Å²) in [6.07, 6.45) is 2.87. The molecule has 1 fully saturated rings. The first kappa shape index (κ1) is 34.0. The van der Waals surface area contributed by atoms with Crippen molar-refractivity contribution in [3.05, 3.63) is 35.4 Å². The van der Waals surface area contributed by atoms with Gasteiger partial charge in [-0.3, -0.25) is 0 Å². The molecule has 0 atom stereocenters. The Hall–Kier alpha value is -1.20. The number of piperazine rings is 1. The van der Waals surface area contributed by atoms with E-state index < -0.39 is 0 Å². The van der Waals surface area contributed by atoms with Crippen LogP contribution in [0, 0.1) is 0 Å². The molecule has 33 heavy (non-hydrogen) atoms. The number of nitrogens with two attached hydrogens (primary N) is 2. The lowest BCUT2D eigenvalue weighted by molar-refractivity contribution is 0.153. The second-order valence-corrected chi connectivity index (χ2v) is 8.51. The summed E-state index contributed by atoms with van der Waals surface area (Å²) in [5, 5.41) is 0.656. The minimum absolute atomic E-state index is 0. The number of unbranched alkanes of at least 4 members (excludes halogenated alkanes) is 1. The summed E-state index contributed by atoms with van der Waals surface area (Å²) in [5.74, 6) is 2.68. The predicted octanol–water partition coefficient (Wildman–Crippen LogP) is 2.80. The number of halogens is 3. The molecule has 0 radical (unpaired) electrons. The van der Waals surface area contributed by atoms with Crippen molar-refractivity contribution >= 4 is 60.6 Å². The Morgan fingerprint density at radius 1 is 0.970 bits per heavy atom. The van der Waals surface area contributed by atoms with Gasteiger partial charge in [-0.2, -0.15) is 0 Å². The average Bonchev–Trinajstić information content (AvgIpc) is 2.72. The lowest BCUT2D eigenvalue weighted by Crippen LogP contribution is -2.44. The minimum Gasteiger partial charge on any atom is -0.496 e. The van der Waals surface area contributed by atoms with Crippen molar-refractivity contribution in [1.82, 2.24) is 19.8 Å². The summed E-state index contributed by atoms with van der Waals surface area (Å²) < 4.78 is 5.41. The number of ether oxygens (including phenoxy) is 1. The number of methoxy groups -OCH3 is 1. The number of hydrogen-bond acceptors (Lipinski definition) is 8. The third-order valence-corrected chi connectivity index (χ3v) is 6.24. The van der Waals surface area contributed by atoms with Crippen LogP contribution in [0.1, 0.15) is 24.0 Å². The van der Waals surface area contributed by atoms with E-state index >= 15 is 0 Å². The number of thioether (sulfide) groups is 1. The van der Waals surface area contributed by atoms with Gasteiger partial charge < -0.3 is 31.5 Å². The monoisotopic (exact) mass is 542 g/mol. The van der Waals surface area contributed by atoms with Crippen molar-refractivity contribution in [1.29, 1.82) is 0 Å². The van der Waals surface area contributed by atoms with Gasteiger partial charge in [0.15, 0.2) is 5.16 Å². The summed E-state index contributed by atoms with van der Waals surface area (Å²) in [6.45, 7) is 5.85. The molecule has 2 heterocycles. The first-order valence-corrected chi connectivity index (χ1v) is 11.1. The Morgan fingerprint density at radius 3 is 2.18 bits per heavy atom. The molecule has 1 aliphatic rings. The fraction of sp³-hybridized carbons (Fsp3) is 0.524. The number of nitrogens with zero attached hydrogens (tertiary/aromatic N) is 4. The van der Waals surface area contributed by atoms with Crippen LogP contribution in [0.5, 0.6) is 5.75 Å². The van der Waals surface area contributed by atoms with Gasteiger partial charge in [-0.05, 0) is 38.1 Å². The van der Waals surface area contributed by atoms with Gasteiger partial charge in [0.05, 0.1) is 7.11 Å². The molecule has 0 amide bonds. The van der Waals surface area contributed by atoms with Gasteiger partial charge in [0.1, 0.15) is 17.4 Å². The van der Waals surface area contributed by atoms with Crippen LogP contribution < -0.4 is 16.2 Å². The van der Waals surface area contributed by atoms with Gasteiger partial charge in [-0.15, -0.1) is 37.2 Å². The van der Waals surface area contributed by atoms with Gasteiger partial charge in [-0.25, -0.2) is 9.97 Å². The van der Waals surface area contributed by atoms with Crippen LogP contribution in [0.3, 0.4) is 0 Å². The molecule has 0 unspecified atom stereocenters. The van der Waals surface area contributed by atoms with Crippen LogP contribution in [0.2, 0.25) is 0 Å². The smallest absolute Gasteiger partial charge is 0.191 e. The average molecular weight is 544 g/mol.